The molecule has 1 heterocycles. The van der Waals surface area contributed by atoms with Gasteiger partial charge in [-0.3, -0.25) is 5.23 Å². The summed E-state index contributed by atoms with van der Waals surface area (Å²) in [6.45, 7) is 13.5. The van der Waals surface area contributed by atoms with Gasteiger partial charge < -0.3 is 13.7 Å². The monoisotopic (exact) mass is 411 g/mol. The van der Waals surface area contributed by atoms with Crippen molar-refractivity contribution in [1.29, 1.82) is 0 Å². The summed E-state index contributed by atoms with van der Waals surface area (Å²) in [6.07, 6.45) is -0.0727. The molecule has 4 nitrogen and oxygen atoms in total. The summed E-state index contributed by atoms with van der Waals surface area (Å²) in [5.41, 5.74) is 1.48. The van der Waals surface area contributed by atoms with E-state index in [9.17, 15) is 0 Å². The summed E-state index contributed by atoms with van der Waals surface area (Å²) in [4.78, 5) is 0. The number of benzene rings is 2. The first-order valence-electron chi connectivity index (χ1n) is 10.4. The van der Waals surface area contributed by atoms with Gasteiger partial charge in [-0.15, -0.1) is 0 Å². The van der Waals surface area contributed by atoms with Gasteiger partial charge in [-0.25, -0.2) is 0 Å². The molecule has 0 bridgehead atoms. The minimum atomic E-state index is -1.97. The molecule has 29 heavy (non-hydrogen) atoms. The van der Waals surface area contributed by atoms with Crippen LogP contribution in [0.5, 0.6) is 0 Å². The van der Waals surface area contributed by atoms with Crippen LogP contribution in [0.3, 0.4) is 0 Å². The van der Waals surface area contributed by atoms with E-state index in [4.69, 9.17) is 13.7 Å². The molecule has 2 aromatic rings. The van der Waals surface area contributed by atoms with E-state index in [1.165, 1.54) is 0 Å². The smallest absolute Gasteiger partial charge is 0.413 e. The summed E-state index contributed by atoms with van der Waals surface area (Å²) in [7, 11) is -0.810. The molecule has 0 aromatic heterocycles. The highest BCUT2D eigenvalue weighted by Gasteiger charge is 2.56. The predicted octanol–water partition coefficient (Wildman–Crippen LogP) is 4.96. The van der Waals surface area contributed by atoms with Crippen LogP contribution in [0.25, 0.3) is 0 Å². The predicted molar refractivity (Wildman–Crippen MR) is 122 cm³/mol. The van der Waals surface area contributed by atoms with Crippen molar-refractivity contribution in [3.63, 3.8) is 0 Å². The van der Waals surface area contributed by atoms with Crippen molar-refractivity contribution < 1.29 is 13.7 Å². The van der Waals surface area contributed by atoms with Crippen molar-refractivity contribution in [3.8, 4) is 0 Å². The first kappa shape index (κ1) is 22.3. The highest BCUT2D eigenvalue weighted by Crippen LogP contribution is 2.45. The summed E-state index contributed by atoms with van der Waals surface area (Å²) in [6, 6.07) is 20.7. The fourth-order valence-electron chi connectivity index (χ4n) is 3.87. The number of nitrogens with one attached hydrogen (secondary N) is 1. The molecule has 2 aromatic carbocycles. The Morgan fingerprint density at radius 1 is 1.00 bits per heavy atom. The minimum absolute atomic E-state index is 0.0727. The second-order valence-electron chi connectivity index (χ2n) is 9.38. The van der Waals surface area contributed by atoms with E-state index in [1.54, 1.807) is 7.11 Å². The van der Waals surface area contributed by atoms with E-state index in [0.29, 0.717) is 0 Å². The lowest BCUT2D eigenvalue weighted by atomic mass is 9.78. The van der Waals surface area contributed by atoms with Crippen molar-refractivity contribution >= 4 is 15.6 Å². The molecule has 0 unspecified atom stereocenters. The van der Waals surface area contributed by atoms with Gasteiger partial charge in [0.05, 0.1) is 12.1 Å². The molecule has 0 saturated carbocycles. The first-order chi connectivity index (χ1) is 13.6. The lowest BCUT2D eigenvalue weighted by molar-refractivity contribution is 0.0419. The zero-order valence-electron chi connectivity index (χ0n) is 18.7. The number of rotatable bonds is 6. The highest BCUT2D eigenvalue weighted by atomic mass is 28.4. The molecule has 0 aliphatic carbocycles. The third-order valence-corrected chi connectivity index (χ3v) is 11.0. The number of hydrogen-bond acceptors (Lipinski definition) is 4. The minimum Gasteiger partial charge on any atom is -0.413 e. The fraction of sp³-hybridized carbons (Fsp3) is 0.478. The molecule has 1 aliphatic heterocycles. The Morgan fingerprint density at radius 2 is 1.48 bits per heavy atom. The molecule has 156 valence electrons. The Balaban J connectivity index is 2.10. The molecule has 0 spiro atoms. The SMILES string of the molecule is COB1N[C@@H]([C@@H](C)O[Si](C)(C)C(C)(C)C)C(c2ccccc2)(c2ccccc2)O1. The Labute approximate surface area is 177 Å². The normalized spacial score (nSPS) is 20.7. The van der Waals surface area contributed by atoms with Gasteiger partial charge in [-0.1, -0.05) is 81.4 Å². The second-order valence-corrected chi connectivity index (χ2v) is 14.1. The summed E-state index contributed by atoms with van der Waals surface area (Å²) >= 11 is 0. The van der Waals surface area contributed by atoms with Crippen molar-refractivity contribution in [2.24, 2.45) is 0 Å². The lowest BCUT2D eigenvalue weighted by Crippen LogP contribution is -2.55. The van der Waals surface area contributed by atoms with Gasteiger partial charge in [0.2, 0.25) is 0 Å². The van der Waals surface area contributed by atoms with Crippen LogP contribution in [0, 0.1) is 0 Å². The summed E-state index contributed by atoms with van der Waals surface area (Å²) in [5.74, 6) is 0. The van der Waals surface area contributed by atoms with Crippen molar-refractivity contribution in [3.05, 3.63) is 71.8 Å². The summed E-state index contributed by atoms with van der Waals surface area (Å²) < 4.78 is 19.0. The molecular weight excluding hydrogens is 377 g/mol. The summed E-state index contributed by atoms with van der Waals surface area (Å²) in [5, 5.41) is 3.68. The molecule has 1 aliphatic rings. The zero-order valence-corrected chi connectivity index (χ0v) is 19.7. The van der Waals surface area contributed by atoms with Crippen LogP contribution < -0.4 is 5.23 Å². The largest absolute Gasteiger partial charge is 0.555 e. The fourth-order valence-corrected chi connectivity index (χ4v) is 5.28. The van der Waals surface area contributed by atoms with E-state index in [0.717, 1.165) is 11.1 Å². The highest BCUT2D eigenvalue weighted by molar-refractivity contribution is 6.74. The Morgan fingerprint density at radius 3 is 1.90 bits per heavy atom. The average molecular weight is 411 g/mol. The molecule has 6 heteroatoms. The van der Waals surface area contributed by atoms with Gasteiger partial charge in [-0.05, 0) is 36.2 Å². The molecule has 1 saturated heterocycles. The van der Waals surface area contributed by atoms with E-state index in [1.807, 2.05) is 12.1 Å². The van der Waals surface area contributed by atoms with Crippen LogP contribution in [0.4, 0.5) is 0 Å². The van der Waals surface area contributed by atoms with Gasteiger partial charge in [0.15, 0.2) is 8.32 Å². The first-order valence-corrected chi connectivity index (χ1v) is 13.3. The number of hydrogen-bond donors (Lipinski definition) is 1. The molecule has 2 atom stereocenters. The van der Waals surface area contributed by atoms with Crippen LogP contribution in [-0.2, 0) is 19.3 Å². The second kappa shape index (κ2) is 8.36. The van der Waals surface area contributed by atoms with Crippen molar-refractivity contribution in [2.75, 3.05) is 7.11 Å². The topological polar surface area (TPSA) is 39.7 Å². The van der Waals surface area contributed by atoms with E-state index >= 15 is 0 Å². The Hall–Kier alpha value is -1.44. The van der Waals surface area contributed by atoms with E-state index < -0.39 is 21.2 Å². The standard InChI is InChI=1S/C23H34BNO3Si/c1-18(27-29(6,7)22(2,3)4)21-23(28-24(25-21)26-5,19-14-10-8-11-15-19)20-16-12-9-13-17-20/h8-18,21,25H,1-7H3/t18-,21+/m1/s1. The molecule has 1 fully saturated rings. The van der Waals surface area contributed by atoms with Gasteiger partial charge >= 0.3 is 7.25 Å². The van der Waals surface area contributed by atoms with Crippen LogP contribution in [0.15, 0.2) is 60.7 Å². The molecule has 0 amide bonds. The Kier molecular flexibility index (Phi) is 6.42. The maximum atomic E-state index is 6.82. The lowest BCUT2D eigenvalue weighted by Gasteiger charge is -2.44. The maximum Gasteiger partial charge on any atom is 0.555 e. The Bertz CT molecular complexity index is 755. The zero-order chi connectivity index (χ0) is 21.3. The van der Waals surface area contributed by atoms with Crippen molar-refractivity contribution in [1.82, 2.24) is 5.23 Å². The molecule has 3 rings (SSSR count). The van der Waals surface area contributed by atoms with Gasteiger partial charge in [0, 0.05) is 7.11 Å². The third kappa shape index (κ3) is 4.23. The van der Waals surface area contributed by atoms with Gasteiger partial charge in [-0.2, -0.15) is 0 Å². The van der Waals surface area contributed by atoms with Crippen LogP contribution in [0.1, 0.15) is 38.8 Å². The van der Waals surface area contributed by atoms with Gasteiger partial charge in [0.1, 0.15) is 5.60 Å². The van der Waals surface area contributed by atoms with Crippen molar-refractivity contribution in [2.45, 2.75) is 63.6 Å². The van der Waals surface area contributed by atoms with E-state index in [-0.39, 0.29) is 17.2 Å². The van der Waals surface area contributed by atoms with Crippen LogP contribution in [0.2, 0.25) is 18.1 Å². The quantitative estimate of drug-likeness (QED) is 0.682. The molecular formula is C23H34BNO3Si. The maximum absolute atomic E-state index is 6.82. The molecule has 0 radical (unpaired) electrons. The third-order valence-electron chi connectivity index (χ3n) is 6.42. The van der Waals surface area contributed by atoms with Crippen LogP contribution >= 0.6 is 0 Å². The van der Waals surface area contributed by atoms with E-state index in [2.05, 4.69) is 94.5 Å². The molecule has 1 N–H and O–H groups in total. The average Bonchev–Trinajstić information content (AvgIpc) is 3.09. The van der Waals surface area contributed by atoms with Crippen LogP contribution in [-0.4, -0.2) is 34.8 Å². The van der Waals surface area contributed by atoms with Gasteiger partial charge in [0.25, 0.3) is 0 Å².